The van der Waals surface area contributed by atoms with E-state index in [2.05, 4.69) is 0 Å². The fraction of sp³-hybridized carbons (Fsp3) is 0.200. The Balaban J connectivity index is 2.95. The van der Waals surface area contributed by atoms with Gasteiger partial charge in [0.15, 0.2) is 0 Å². The van der Waals surface area contributed by atoms with Crippen LogP contribution in [0.1, 0.15) is 5.56 Å². The minimum atomic E-state index is -3.26. The number of halogens is 1. The summed E-state index contributed by atoms with van der Waals surface area (Å²) in [4.78, 5) is 21.0. The van der Waals surface area contributed by atoms with Crippen molar-refractivity contribution in [2.45, 2.75) is 12.1 Å². The van der Waals surface area contributed by atoms with Gasteiger partial charge in [-0.2, -0.15) is 0 Å². The van der Waals surface area contributed by atoms with Crippen molar-refractivity contribution in [2.24, 2.45) is 0 Å². The van der Waals surface area contributed by atoms with Crippen LogP contribution in [0.5, 0.6) is 0 Å². The number of alkyl halides is 1. The Hall–Kier alpha value is -1.91. The molecule has 1 aromatic carbocycles. The molecule has 0 saturated heterocycles. The minimum Gasteiger partial charge on any atom is -0.478 e. The molecule has 1 aromatic rings. The van der Waals surface area contributed by atoms with Gasteiger partial charge in [-0.3, -0.25) is 0 Å². The van der Waals surface area contributed by atoms with E-state index in [1.54, 1.807) is 18.2 Å². The highest BCUT2D eigenvalue weighted by atomic mass is 19.1. The zero-order valence-corrected chi connectivity index (χ0v) is 7.68. The summed E-state index contributed by atoms with van der Waals surface area (Å²) >= 11 is 0. The Morgan fingerprint density at radius 1 is 1.13 bits per heavy atom. The molecule has 0 aliphatic heterocycles. The van der Waals surface area contributed by atoms with E-state index in [-0.39, 0.29) is 0 Å². The normalized spacial score (nSPS) is 11.0. The zero-order chi connectivity index (χ0) is 11.5. The maximum atomic E-state index is 13.5. The fourth-order valence-corrected chi connectivity index (χ4v) is 1.12. The van der Waals surface area contributed by atoms with Crippen LogP contribution in [0.3, 0.4) is 0 Å². The van der Waals surface area contributed by atoms with E-state index in [0.717, 1.165) is 0 Å². The molecule has 0 atom stereocenters. The Morgan fingerprint density at radius 2 is 1.60 bits per heavy atom. The number of rotatable bonds is 4. The average Bonchev–Trinajstić information content (AvgIpc) is 2.18. The number of hydrogen-bond donors (Lipinski definition) is 2. The Morgan fingerprint density at radius 3 is 2.00 bits per heavy atom. The van der Waals surface area contributed by atoms with E-state index < -0.39 is 24.0 Å². The van der Waals surface area contributed by atoms with Gasteiger partial charge in [-0.15, -0.1) is 0 Å². The minimum absolute atomic E-state index is 0.324. The number of hydrogen-bond acceptors (Lipinski definition) is 2. The summed E-state index contributed by atoms with van der Waals surface area (Å²) in [6, 6.07) is 7.78. The number of carbonyl (C=O) groups is 2. The van der Waals surface area contributed by atoms with Crippen LogP contribution in [-0.2, 0) is 16.0 Å². The van der Waals surface area contributed by atoms with E-state index in [9.17, 15) is 14.0 Å². The lowest BCUT2D eigenvalue weighted by atomic mass is 9.96. The highest BCUT2D eigenvalue weighted by Crippen LogP contribution is 2.19. The van der Waals surface area contributed by atoms with Crippen molar-refractivity contribution in [1.82, 2.24) is 0 Å². The summed E-state index contributed by atoms with van der Waals surface area (Å²) in [5.41, 5.74) is -2.94. The van der Waals surface area contributed by atoms with Crippen LogP contribution in [-0.4, -0.2) is 27.8 Å². The highest BCUT2D eigenvalue weighted by molar-refractivity contribution is 6.01. The second-order valence-electron chi connectivity index (χ2n) is 3.07. The van der Waals surface area contributed by atoms with Crippen molar-refractivity contribution in [3.05, 3.63) is 35.9 Å². The van der Waals surface area contributed by atoms with Crippen LogP contribution < -0.4 is 0 Å². The van der Waals surface area contributed by atoms with Gasteiger partial charge in [0.05, 0.1) is 0 Å². The van der Waals surface area contributed by atoms with Gasteiger partial charge in [-0.1, -0.05) is 30.3 Å². The van der Waals surface area contributed by atoms with E-state index >= 15 is 0 Å². The number of aliphatic carboxylic acids is 2. The molecule has 0 aromatic heterocycles. The van der Waals surface area contributed by atoms with Crippen molar-refractivity contribution in [2.75, 3.05) is 0 Å². The molecule has 15 heavy (non-hydrogen) atoms. The first-order valence-corrected chi connectivity index (χ1v) is 4.16. The topological polar surface area (TPSA) is 74.6 Å². The summed E-state index contributed by atoms with van der Waals surface area (Å²) in [6.07, 6.45) is -0.682. The van der Waals surface area contributed by atoms with E-state index in [1.807, 2.05) is 0 Å². The number of carboxylic acid groups (broad SMARTS) is 2. The smallest absolute Gasteiger partial charge is 0.353 e. The van der Waals surface area contributed by atoms with Gasteiger partial charge in [0.1, 0.15) is 0 Å². The predicted octanol–water partition coefficient (Wildman–Crippen LogP) is 1.11. The zero-order valence-electron chi connectivity index (χ0n) is 7.68. The van der Waals surface area contributed by atoms with Gasteiger partial charge in [0, 0.05) is 6.42 Å². The number of carboxylic acids is 2. The molecule has 0 saturated carbocycles. The molecule has 4 nitrogen and oxygen atoms in total. The second kappa shape index (κ2) is 4.08. The van der Waals surface area contributed by atoms with Crippen LogP contribution in [0.4, 0.5) is 4.39 Å². The van der Waals surface area contributed by atoms with Crippen molar-refractivity contribution in [3.63, 3.8) is 0 Å². The first-order chi connectivity index (χ1) is 6.97. The molecule has 0 fully saturated rings. The third-order valence-electron chi connectivity index (χ3n) is 1.97. The van der Waals surface area contributed by atoms with Crippen molar-refractivity contribution in [1.29, 1.82) is 0 Å². The summed E-state index contributed by atoms with van der Waals surface area (Å²) in [5.74, 6) is -3.97. The van der Waals surface area contributed by atoms with Crippen LogP contribution in [0.25, 0.3) is 0 Å². The largest absolute Gasteiger partial charge is 0.478 e. The molecular formula is C10H9FO4. The second-order valence-corrected chi connectivity index (χ2v) is 3.07. The molecule has 0 aliphatic rings. The summed E-state index contributed by atoms with van der Waals surface area (Å²) < 4.78 is 13.5. The third-order valence-corrected chi connectivity index (χ3v) is 1.97. The molecule has 80 valence electrons. The molecule has 0 bridgehead atoms. The monoisotopic (exact) mass is 212 g/mol. The van der Waals surface area contributed by atoms with Gasteiger partial charge >= 0.3 is 17.6 Å². The van der Waals surface area contributed by atoms with E-state index in [1.165, 1.54) is 12.1 Å². The molecular weight excluding hydrogens is 203 g/mol. The average molecular weight is 212 g/mol. The summed E-state index contributed by atoms with van der Waals surface area (Å²) in [5, 5.41) is 17.0. The SMILES string of the molecule is O=C(O)C(F)(Cc1ccccc1)C(=O)O. The molecule has 0 radical (unpaired) electrons. The molecule has 0 amide bonds. The van der Waals surface area contributed by atoms with Gasteiger partial charge < -0.3 is 10.2 Å². The molecule has 1 rings (SSSR count). The maximum Gasteiger partial charge on any atom is 0.353 e. The van der Waals surface area contributed by atoms with Gasteiger partial charge in [0.2, 0.25) is 0 Å². The lowest BCUT2D eigenvalue weighted by Gasteiger charge is -2.15. The number of benzene rings is 1. The lowest BCUT2D eigenvalue weighted by molar-refractivity contribution is -0.166. The first kappa shape index (κ1) is 11.2. The standard InChI is InChI=1S/C10H9FO4/c11-10(8(12)13,9(14)15)6-7-4-2-1-3-5-7/h1-5H,6H2,(H,12,13)(H,14,15). The van der Waals surface area contributed by atoms with Gasteiger partial charge in [0.25, 0.3) is 0 Å². The quantitative estimate of drug-likeness (QED) is 0.733. The third kappa shape index (κ3) is 2.31. The summed E-state index contributed by atoms with van der Waals surface area (Å²) in [7, 11) is 0. The Labute approximate surface area is 85.0 Å². The predicted molar refractivity (Wildman–Crippen MR) is 49.3 cm³/mol. The van der Waals surface area contributed by atoms with Crippen molar-refractivity contribution >= 4 is 11.9 Å². The van der Waals surface area contributed by atoms with Crippen molar-refractivity contribution < 1.29 is 24.2 Å². The molecule has 5 heteroatoms. The highest BCUT2D eigenvalue weighted by Gasteiger charge is 2.47. The summed E-state index contributed by atoms with van der Waals surface area (Å²) in [6.45, 7) is 0. The van der Waals surface area contributed by atoms with Crippen LogP contribution in [0.15, 0.2) is 30.3 Å². The van der Waals surface area contributed by atoms with Crippen LogP contribution in [0, 0.1) is 0 Å². The van der Waals surface area contributed by atoms with E-state index in [4.69, 9.17) is 10.2 Å². The molecule has 0 heterocycles. The van der Waals surface area contributed by atoms with Crippen LogP contribution >= 0.6 is 0 Å². The fourth-order valence-electron chi connectivity index (χ4n) is 1.12. The first-order valence-electron chi connectivity index (χ1n) is 4.16. The molecule has 0 spiro atoms. The molecule has 0 aliphatic carbocycles. The Bertz CT molecular complexity index is 360. The molecule has 2 N–H and O–H groups in total. The van der Waals surface area contributed by atoms with Crippen molar-refractivity contribution in [3.8, 4) is 0 Å². The van der Waals surface area contributed by atoms with E-state index in [0.29, 0.717) is 5.56 Å². The van der Waals surface area contributed by atoms with Gasteiger partial charge in [-0.25, -0.2) is 14.0 Å². The maximum absolute atomic E-state index is 13.5. The molecule has 0 unspecified atom stereocenters. The lowest BCUT2D eigenvalue weighted by Crippen LogP contribution is -2.44. The van der Waals surface area contributed by atoms with Crippen LogP contribution in [0.2, 0.25) is 0 Å². The van der Waals surface area contributed by atoms with Gasteiger partial charge in [-0.05, 0) is 5.56 Å². The Kier molecular flexibility index (Phi) is 3.04.